The number of ether oxygens (including phenoxy) is 1. The molecule has 1 saturated heterocycles. The van der Waals surface area contributed by atoms with Gasteiger partial charge in [-0.2, -0.15) is 0 Å². The second kappa shape index (κ2) is 5.15. The number of hydrogen-bond acceptors (Lipinski definition) is 3. The van der Waals surface area contributed by atoms with Crippen molar-refractivity contribution in [3.63, 3.8) is 0 Å². The summed E-state index contributed by atoms with van der Waals surface area (Å²) < 4.78 is 6.16. The minimum atomic E-state index is -0.203. The molecule has 0 amide bonds. The average Bonchev–Trinajstić information content (AvgIpc) is 2.46. The Morgan fingerprint density at radius 1 is 1.29 bits per heavy atom. The van der Waals surface area contributed by atoms with Crippen LogP contribution in [0.1, 0.15) is 32.4 Å². The van der Waals surface area contributed by atoms with Crippen molar-refractivity contribution in [2.75, 3.05) is 13.2 Å². The first-order chi connectivity index (χ1) is 10.0. The van der Waals surface area contributed by atoms with Gasteiger partial charge in [0, 0.05) is 16.9 Å². The first-order valence-corrected chi connectivity index (χ1v) is 7.70. The van der Waals surface area contributed by atoms with Crippen LogP contribution in [0.15, 0.2) is 35.9 Å². The van der Waals surface area contributed by atoms with E-state index in [1.165, 1.54) is 5.57 Å². The van der Waals surface area contributed by atoms with Crippen LogP contribution in [0.25, 0.3) is 0 Å². The Morgan fingerprint density at radius 2 is 2.00 bits per heavy atom. The first-order valence-electron chi connectivity index (χ1n) is 7.70. The lowest BCUT2D eigenvalue weighted by Crippen LogP contribution is -2.53. The zero-order valence-electron chi connectivity index (χ0n) is 12.9. The highest BCUT2D eigenvalue weighted by atomic mass is 16.5. The smallest absolute Gasteiger partial charge is 0.121 e. The molecule has 2 aliphatic rings. The number of aliphatic hydroxyl groups excluding tert-OH is 1. The number of phenols is 1. The molecule has 1 aromatic carbocycles. The number of phenolic OH excluding ortho intramolecular Hbond substituents is 1. The normalized spacial score (nSPS) is 39.0. The molecule has 114 valence electrons. The van der Waals surface area contributed by atoms with Gasteiger partial charge in [0.25, 0.3) is 0 Å². The van der Waals surface area contributed by atoms with E-state index >= 15 is 0 Å². The Balaban J connectivity index is 2.06. The Morgan fingerprint density at radius 3 is 2.67 bits per heavy atom. The molecule has 3 rings (SSSR count). The van der Waals surface area contributed by atoms with Gasteiger partial charge in [0.1, 0.15) is 5.75 Å². The molecule has 1 aliphatic carbocycles. The van der Waals surface area contributed by atoms with Gasteiger partial charge in [0.05, 0.1) is 19.3 Å². The maximum absolute atomic E-state index is 10.2. The van der Waals surface area contributed by atoms with Crippen molar-refractivity contribution >= 4 is 0 Å². The molecule has 21 heavy (non-hydrogen) atoms. The summed E-state index contributed by atoms with van der Waals surface area (Å²) >= 11 is 0. The highest BCUT2D eigenvalue weighted by molar-refractivity contribution is 5.37. The molecule has 1 heterocycles. The van der Waals surface area contributed by atoms with Gasteiger partial charge < -0.3 is 14.9 Å². The zero-order valence-corrected chi connectivity index (χ0v) is 12.9. The van der Waals surface area contributed by atoms with Gasteiger partial charge in [-0.3, -0.25) is 0 Å². The van der Waals surface area contributed by atoms with Crippen LogP contribution in [0.4, 0.5) is 0 Å². The largest absolute Gasteiger partial charge is 0.508 e. The quantitative estimate of drug-likeness (QED) is 0.821. The standard InChI is InChI=1S/C18H24O3/c1-11-8-12(2)18(9-19)10-21-17(16(11)13(18)3)14-6-4-5-7-15(14)20/h4-8,12-13,16-17,19-20H,9-10H2,1-3H3/t12-,13+,16+,17-,18-/m1/s1. The van der Waals surface area contributed by atoms with E-state index in [0.29, 0.717) is 18.4 Å². The van der Waals surface area contributed by atoms with Crippen molar-refractivity contribution in [3.05, 3.63) is 41.5 Å². The highest BCUT2D eigenvalue weighted by Crippen LogP contribution is 2.56. The lowest BCUT2D eigenvalue weighted by molar-refractivity contribution is -0.165. The molecular formula is C18H24O3. The summed E-state index contributed by atoms with van der Waals surface area (Å²) in [6, 6.07) is 7.40. The summed E-state index contributed by atoms with van der Waals surface area (Å²) in [5.74, 6) is 1.12. The van der Waals surface area contributed by atoms with Crippen molar-refractivity contribution in [2.45, 2.75) is 26.9 Å². The Bertz CT molecular complexity index is 565. The Labute approximate surface area is 126 Å². The van der Waals surface area contributed by atoms with Crippen LogP contribution < -0.4 is 0 Å². The topological polar surface area (TPSA) is 49.7 Å². The minimum Gasteiger partial charge on any atom is -0.508 e. The number of fused-ring (bicyclic) bond motifs is 2. The molecule has 0 unspecified atom stereocenters. The van der Waals surface area contributed by atoms with Crippen LogP contribution in [-0.4, -0.2) is 23.4 Å². The van der Waals surface area contributed by atoms with Crippen LogP contribution in [0.5, 0.6) is 5.75 Å². The van der Waals surface area contributed by atoms with E-state index in [1.807, 2.05) is 18.2 Å². The van der Waals surface area contributed by atoms with Crippen molar-refractivity contribution in [2.24, 2.45) is 23.2 Å². The minimum absolute atomic E-state index is 0.135. The molecular weight excluding hydrogens is 264 g/mol. The van der Waals surface area contributed by atoms with Gasteiger partial charge in [0.15, 0.2) is 0 Å². The van der Waals surface area contributed by atoms with E-state index in [4.69, 9.17) is 4.74 Å². The van der Waals surface area contributed by atoms with Crippen LogP contribution in [-0.2, 0) is 4.74 Å². The SMILES string of the molecule is CC1=C[C@@H](C)[C@@]2(CO)CO[C@H](c3ccccc3O)[C@@H]1[C@@H]2C. The average molecular weight is 288 g/mol. The molecule has 0 radical (unpaired) electrons. The van der Waals surface area contributed by atoms with Crippen LogP contribution in [0.2, 0.25) is 0 Å². The van der Waals surface area contributed by atoms with E-state index < -0.39 is 0 Å². The molecule has 2 bridgehead atoms. The van der Waals surface area contributed by atoms with E-state index in [1.54, 1.807) is 6.07 Å². The van der Waals surface area contributed by atoms with Gasteiger partial charge in [-0.25, -0.2) is 0 Å². The van der Waals surface area contributed by atoms with Crippen molar-refractivity contribution < 1.29 is 14.9 Å². The maximum Gasteiger partial charge on any atom is 0.121 e. The summed E-state index contributed by atoms with van der Waals surface area (Å²) in [6.45, 7) is 7.19. The Hall–Kier alpha value is -1.32. The molecule has 3 nitrogen and oxygen atoms in total. The molecule has 1 fully saturated rings. The fraction of sp³-hybridized carbons (Fsp3) is 0.556. The molecule has 1 aromatic rings. The first kappa shape index (κ1) is 14.6. The lowest BCUT2D eigenvalue weighted by atomic mass is 9.56. The number of benzene rings is 1. The monoisotopic (exact) mass is 288 g/mol. The third-order valence-corrected chi connectivity index (χ3v) is 5.79. The predicted molar refractivity (Wildman–Crippen MR) is 81.9 cm³/mol. The van der Waals surface area contributed by atoms with E-state index in [0.717, 1.165) is 5.56 Å². The fourth-order valence-electron chi connectivity index (χ4n) is 4.30. The number of aliphatic hydroxyl groups is 1. The molecule has 3 heteroatoms. The second-order valence-corrected chi connectivity index (χ2v) is 6.70. The summed E-state index contributed by atoms with van der Waals surface area (Å²) in [6.07, 6.45) is 2.14. The molecule has 2 N–H and O–H groups in total. The van der Waals surface area contributed by atoms with Crippen LogP contribution >= 0.6 is 0 Å². The predicted octanol–water partition coefficient (Wildman–Crippen LogP) is 3.29. The van der Waals surface area contributed by atoms with Crippen molar-refractivity contribution in [1.82, 2.24) is 0 Å². The maximum atomic E-state index is 10.2. The third-order valence-electron chi connectivity index (χ3n) is 5.79. The number of aromatic hydroxyl groups is 1. The van der Waals surface area contributed by atoms with Crippen LogP contribution in [0, 0.1) is 23.2 Å². The molecule has 0 spiro atoms. The van der Waals surface area contributed by atoms with E-state index in [2.05, 4.69) is 26.8 Å². The summed E-state index contributed by atoms with van der Waals surface area (Å²) in [5, 5.41) is 20.1. The molecule has 5 atom stereocenters. The lowest BCUT2D eigenvalue weighted by Gasteiger charge is -2.55. The van der Waals surface area contributed by atoms with Gasteiger partial charge in [-0.15, -0.1) is 0 Å². The fourth-order valence-corrected chi connectivity index (χ4v) is 4.30. The van der Waals surface area contributed by atoms with E-state index in [9.17, 15) is 10.2 Å². The summed E-state index contributed by atoms with van der Waals surface area (Å²) in [7, 11) is 0. The number of hydrogen-bond donors (Lipinski definition) is 2. The molecule has 1 aliphatic heterocycles. The van der Waals surface area contributed by atoms with Gasteiger partial charge >= 0.3 is 0 Å². The number of para-hydroxylation sites is 1. The van der Waals surface area contributed by atoms with Gasteiger partial charge in [-0.05, 0) is 24.8 Å². The Kier molecular flexibility index (Phi) is 3.58. The van der Waals surface area contributed by atoms with Gasteiger partial charge in [0.2, 0.25) is 0 Å². The summed E-state index contributed by atoms with van der Waals surface area (Å²) in [4.78, 5) is 0. The number of rotatable bonds is 2. The van der Waals surface area contributed by atoms with E-state index in [-0.39, 0.29) is 29.8 Å². The van der Waals surface area contributed by atoms with Crippen molar-refractivity contribution in [3.8, 4) is 5.75 Å². The highest BCUT2D eigenvalue weighted by Gasteiger charge is 2.53. The summed E-state index contributed by atoms with van der Waals surface area (Å²) in [5.41, 5.74) is 1.95. The third kappa shape index (κ3) is 2.02. The zero-order chi connectivity index (χ0) is 15.2. The van der Waals surface area contributed by atoms with Crippen LogP contribution in [0.3, 0.4) is 0 Å². The van der Waals surface area contributed by atoms with Gasteiger partial charge in [-0.1, -0.05) is 43.7 Å². The molecule has 0 saturated carbocycles. The second-order valence-electron chi connectivity index (χ2n) is 6.70. The van der Waals surface area contributed by atoms with Crippen molar-refractivity contribution in [1.29, 1.82) is 0 Å². The molecule has 0 aromatic heterocycles. The number of allylic oxidation sites excluding steroid dienone is 1.